The smallest absolute Gasteiger partial charge is 0.0968 e. The molecule has 4 nitrogen and oxygen atoms in total. The van der Waals surface area contributed by atoms with Gasteiger partial charge >= 0.3 is 12.0 Å². The van der Waals surface area contributed by atoms with Crippen LogP contribution in [-0.2, 0) is 5.41 Å². The molecule has 2 aliphatic heterocycles. The molecule has 0 bridgehead atoms. The fourth-order valence-corrected chi connectivity index (χ4v) is 6.73. The van der Waals surface area contributed by atoms with E-state index in [0.29, 0.717) is 0 Å². The van der Waals surface area contributed by atoms with E-state index in [2.05, 4.69) is 160 Å². The molecule has 41 heavy (non-hydrogen) atoms. The lowest BCUT2D eigenvalue weighted by Gasteiger charge is -2.33. The molecule has 0 radical (unpaired) electrons. The third-order valence-corrected chi connectivity index (χ3v) is 8.49. The van der Waals surface area contributed by atoms with Crippen molar-refractivity contribution in [3.63, 3.8) is 0 Å². The summed E-state index contributed by atoms with van der Waals surface area (Å²) < 4.78 is 8.24. The van der Waals surface area contributed by atoms with Crippen LogP contribution in [0.3, 0.4) is 0 Å². The lowest BCUT2D eigenvalue weighted by atomic mass is 9.67. The number of hydrogen-bond acceptors (Lipinski definition) is 0. The molecule has 4 heteroatoms. The fourth-order valence-electron chi connectivity index (χ4n) is 6.73. The minimum atomic E-state index is -0.500. The minimum Gasteiger partial charge on any atom is -0.0968 e. The maximum atomic E-state index is 3.53. The Kier molecular flexibility index (Phi) is 5.04. The molecule has 0 aromatic heterocycles. The summed E-state index contributed by atoms with van der Waals surface area (Å²) in [6.45, 7) is 0. The average molecular weight is 529 g/mol. The Morgan fingerprint density at radius 2 is 1.12 bits per heavy atom. The molecular weight excluding hydrogens is 500 g/mol. The zero-order valence-corrected chi connectivity index (χ0v) is 23.0. The van der Waals surface area contributed by atoms with E-state index < -0.39 is 5.41 Å². The average Bonchev–Trinajstić information content (AvgIpc) is 3.70. The van der Waals surface area contributed by atoms with Crippen LogP contribution in [0.4, 0.5) is 22.7 Å². The molecular formula is C37H28N4+4. The number of para-hydroxylation sites is 2. The van der Waals surface area contributed by atoms with Crippen molar-refractivity contribution in [2.45, 2.75) is 5.41 Å². The summed E-state index contributed by atoms with van der Waals surface area (Å²) in [5, 5.41) is 0. The van der Waals surface area contributed by atoms with Crippen molar-refractivity contribution >= 4 is 34.8 Å². The van der Waals surface area contributed by atoms with E-state index in [1.807, 2.05) is 17.8 Å². The summed E-state index contributed by atoms with van der Waals surface area (Å²) in [5.41, 5.74) is 11.5. The Hall–Kier alpha value is -5.40. The maximum Gasteiger partial charge on any atom is 0.496 e. The van der Waals surface area contributed by atoms with Gasteiger partial charge in [0.15, 0.2) is 14.1 Å². The summed E-state index contributed by atoms with van der Waals surface area (Å²) in [6.07, 6.45) is 4.07. The number of fused-ring (bicyclic) bond motifs is 4. The molecule has 0 N–H and O–H groups in total. The highest BCUT2D eigenvalue weighted by Gasteiger charge is 2.47. The largest absolute Gasteiger partial charge is 0.496 e. The normalized spacial score (nSPS) is 15.5. The van der Waals surface area contributed by atoms with Gasteiger partial charge in [-0.25, -0.2) is 0 Å². The van der Waals surface area contributed by atoms with E-state index in [4.69, 9.17) is 0 Å². The molecule has 0 unspecified atom stereocenters. The second-order valence-electron chi connectivity index (χ2n) is 10.8. The van der Waals surface area contributed by atoms with Gasteiger partial charge in [-0.05, 0) is 38.0 Å². The van der Waals surface area contributed by atoms with Crippen LogP contribution >= 0.6 is 0 Å². The standard InChI is InChI=1S/C37H28N4/c1-38-21-22-40(25-38)29-13-9-11-27(23-29)37(33-17-5-3-15-31(33)32-16-4-6-18-34(32)37)28-12-10-14-30(24-28)41-26-39(2)35-19-7-8-20-36(35)41/h3-24H,1-2H3/q+4. The summed E-state index contributed by atoms with van der Waals surface area (Å²) in [7, 11) is 4.05. The van der Waals surface area contributed by atoms with Crippen LogP contribution in [0.15, 0.2) is 134 Å². The molecule has 192 valence electrons. The second-order valence-corrected chi connectivity index (χ2v) is 10.8. The van der Waals surface area contributed by atoms with E-state index in [1.165, 1.54) is 33.4 Å². The third-order valence-electron chi connectivity index (χ3n) is 8.49. The van der Waals surface area contributed by atoms with Crippen LogP contribution < -0.4 is 4.58 Å². The molecule has 0 atom stereocenters. The predicted molar refractivity (Wildman–Crippen MR) is 163 cm³/mol. The summed E-state index contributed by atoms with van der Waals surface area (Å²) in [6, 6.07) is 51.0. The monoisotopic (exact) mass is 528 g/mol. The van der Waals surface area contributed by atoms with Crippen LogP contribution in [0.2, 0.25) is 0 Å². The molecule has 0 saturated carbocycles. The Balaban J connectivity index is 1.43. The molecule has 0 fully saturated rings. The number of benzene rings is 5. The number of hydrogen-bond donors (Lipinski definition) is 0. The first-order valence-corrected chi connectivity index (χ1v) is 13.9. The first-order chi connectivity index (χ1) is 20.1. The van der Waals surface area contributed by atoms with Gasteiger partial charge in [0.1, 0.15) is 0 Å². The third kappa shape index (κ3) is 3.36. The molecule has 0 spiro atoms. The molecule has 0 amide bonds. The van der Waals surface area contributed by atoms with Gasteiger partial charge in [0.2, 0.25) is 17.6 Å². The zero-order chi connectivity index (χ0) is 27.6. The van der Waals surface area contributed by atoms with Crippen molar-refractivity contribution < 1.29 is 13.7 Å². The molecule has 3 aliphatic rings. The van der Waals surface area contributed by atoms with Crippen molar-refractivity contribution in [2.24, 2.45) is 0 Å². The lowest BCUT2D eigenvalue weighted by molar-refractivity contribution is -0.429. The summed E-state index contributed by atoms with van der Waals surface area (Å²) in [5.74, 6) is 0. The molecule has 5 aromatic carbocycles. The van der Waals surface area contributed by atoms with Gasteiger partial charge < -0.3 is 0 Å². The van der Waals surface area contributed by atoms with Crippen LogP contribution in [-0.4, -0.2) is 39.8 Å². The van der Waals surface area contributed by atoms with Crippen molar-refractivity contribution in [2.75, 3.05) is 14.1 Å². The Labute approximate surface area is 239 Å². The van der Waals surface area contributed by atoms with Gasteiger partial charge in [0, 0.05) is 36.4 Å². The number of nitrogens with zero attached hydrogens (tertiary/aromatic N) is 4. The van der Waals surface area contributed by atoms with Crippen LogP contribution in [0.5, 0.6) is 0 Å². The maximum absolute atomic E-state index is 3.53. The minimum absolute atomic E-state index is 0.500. The fraction of sp³-hybridized carbons (Fsp3) is 0.0811. The van der Waals surface area contributed by atoms with E-state index >= 15 is 0 Å². The van der Waals surface area contributed by atoms with E-state index in [-0.39, 0.29) is 0 Å². The highest BCUT2D eigenvalue weighted by molar-refractivity contribution is 5.87. The lowest BCUT2D eigenvalue weighted by Crippen LogP contribution is -2.28. The first kappa shape index (κ1) is 23.5. The first-order valence-electron chi connectivity index (χ1n) is 13.9. The SMILES string of the molecule is C[N+]1=C=[N+](c2cccc(C3(c4cccc([N+]5=C=[N+](C)c6ccccc65)c4)c4ccccc4-c4ccccc43)c2)C=C1. The van der Waals surface area contributed by atoms with Gasteiger partial charge in [-0.15, -0.1) is 0 Å². The van der Waals surface area contributed by atoms with E-state index in [9.17, 15) is 0 Å². The van der Waals surface area contributed by atoms with Gasteiger partial charge in [-0.1, -0.05) is 98.7 Å². The quantitative estimate of drug-likeness (QED) is 0.213. The van der Waals surface area contributed by atoms with Crippen LogP contribution in [0, 0.1) is 0 Å². The van der Waals surface area contributed by atoms with E-state index in [0.717, 1.165) is 22.7 Å². The predicted octanol–water partition coefficient (Wildman–Crippen LogP) is 7.29. The molecule has 1 aliphatic carbocycles. The molecule has 0 saturated heterocycles. The van der Waals surface area contributed by atoms with Crippen LogP contribution in [0.25, 0.3) is 11.1 Å². The van der Waals surface area contributed by atoms with Gasteiger partial charge in [0.25, 0.3) is 17.6 Å². The topological polar surface area (TPSA) is 12.0 Å². The van der Waals surface area contributed by atoms with Crippen molar-refractivity contribution in [3.05, 3.63) is 156 Å². The Bertz CT molecular complexity index is 2050. The highest BCUT2D eigenvalue weighted by Crippen LogP contribution is 2.56. The molecule has 2 heterocycles. The van der Waals surface area contributed by atoms with Crippen molar-refractivity contribution in [3.8, 4) is 11.1 Å². The summed E-state index contributed by atoms with van der Waals surface area (Å²) >= 11 is 0. The second kappa shape index (κ2) is 8.81. The summed E-state index contributed by atoms with van der Waals surface area (Å²) in [4.78, 5) is 0. The van der Waals surface area contributed by atoms with Crippen molar-refractivity contribution in [1.82, 2.24) is 4.58 Å². The number of rotatable bonds is 4. The molecule has 8 rings (SSSR count). The van der Waals surface area contributed by atoms with Crippen molar-refractivity contribution in [1.29, 1.82) is 0 Å². The highest BCUT2D eigenvalue weighted by atomic mass is 15.2. The zero-order valence-electron chi connectivity index (χ0n) is 23.0. The van der Waals surface area contributed by atoms with Gasteiger partial charge in [0.05, 0.1) is 5.41 Å². The van der Waals surface area contributed by atoms with Gasteiger partial charge in [-0.3, -0.25) is 0 Å². The Morgan fingerprint density at radius 1 is 0.537 bits per heavy atom. The van der Waals surface area contributed by atoms with E-state index in [1.54, 1.807) is 0 Å². The van der Waals surface area contributed by atoms with Gasteiger partial charge in [-0.2, -0.15) is 0 Å². The van der Waals surface area contributed by atoms with Crippen LogP contribution in [0.1, 0.15) is 22.3 Å². The molecule has 5 aromatic rings. The Morgan fingerprint density at radius 3 is 1.78 bits per heavy atom.